The van der Waals surface area contributed by atoms with Gasteiger partial charge in [-0.1, -0.05) is 0 Å². The van der Waals surface area contributed by atoms with Crippen molar-refractivity contribution < 1.29 is 34.5 Å². The molecule has 0 atom stereocenters. The lowest BCUT2D eigenvalue weighted by Gasteiger charge is -2.16. The Kier molecular flexibility index (Phi) is 3.79. The van der Waals surface area contributed by atoms with Crippen LogP contribution < -0.4 is 5.73 Å². The second-order valence-corrected chi connectivity index (χ2v) is 4.01. The van der Waals surface area contributed by atoms with Gasteiger partial charge in [-0.05, 0) is 19.4 Å². The van der Waals surface area contributed by atoms with E-state index >= 15 is 0 Å². The Hall–Kier alpha value is -2.90. The molecular weight excluding hydrogens is 270 g/mol. The first-order valence-electron chi connectivity index (χ1n) is 5.28. The largest absolute Gasteiger partial charge is 0.478 e. The number of nitrogen functional groups attached to an aromatic ring is 1. The second-order valence-electron chi connectivity index (χ2n) is 4.01. The maximum Gasteiger partial charge on any atom is 0.338 e. The third kappa shape index (κ3) is 2.18. The van der Waals surface area contributed by atoms with Crippen LogP contribution in [0.2, 0.25) is 0 Å². The minimum Gasteiger partial charge on any atom is -0.478 e. The number of carboxylic acids is 3. The first-order chi connectivity index (χ1) is 9.11. The number of Topliss-reactive ketones (excluding diaryl/α,β-unsaturated/α-hetero) is 1. The zero-order valence-corrected chi connectivity index (χ0v) is 10.6. The van der Waals surface area contributed by atoms with Crippen LogP contribution in [0, 0.1) is 6.92 Å². The van der Waals surface area contributed by atoms with Crippen LogP contribution in [0.5, 0.6) is 0 Å². The summed E-state index contributed by atoms with van der Waals surface area (Å²) in [5.41, 5.74) is 1.83. The molecule has 1 aromatic rings. The Morgan fingerprint density at radius 1 is 0.800 bits per heavy atom. The number of carbonyl (C=O) groups excluding carboxylic acids is 1. The molecule has 20 heavy (non-hydrogen) atoms. The van der Waals surface area contributed by atoms with E-state index in [1.54, 1.807) is 0 Å². The summed E-state index contributed by atoms with van der Waals surface area (Å²) in [5.74, 6) is -5.60. The van der Waals surface area contributed by atoms with Gasteiger partial charge in [0, 0.05) is 5.56 Å². The number of rotatable bonds is 4. The van der Waals surface area contributed by atoms with Gasteiger partial charge in [0.2, 0.25) is 0 Å². The molecule has 0 amide bonds. The van der Waals surface area contributed by atoms with Crippen molar-refractivity contribution in [3.8, 4) is 0 Å². The van der Waals surface area contributed by atoms with Gasteiger partial charge in [0.15, 0.2) is 5.78 Å². The summed E-state index contributed by atoms with van der Waals surface area (Å²) in [4.78, 5) is 45.0. The summed E-state index contributed by atoms with van der Waals surface area (Å²) in [6.07, 6.45) is 0. The van der Waals surface area contributed by atoms with Gasteiger partial charge in [-0.2, -0.15) is 0 Å². The molecular formula is C12H11NO7. The van der Waals surface area contributed by atoms with E-state index in [0.29, 0.717) is 0 Å². The third-order valence-electron chi connectivity index (χ3n) is 2.78. The molecule has 106 valence electrons. The number of hydrogen-bond acceptors (Lipinski definition) is 5. The van der Waals surface area contributed by atoms with E-state index in [9.17, 15) is 19.2 Å². The molecule has 8 heteroatoms. The highest BCUT2D eigenvalue weighted by atomic mass is 16.4. The van der Waals surface area contributed by atoms with Crippen LogP contribution in [-0.2, 0) is 0 Å². The lowest BCUT2D eigenvalue weighted by molar-refractivity contribution is 0.0649. The Morgan fingerprint density at radius 3 is 1.45 bits per heavy atom. The van der Waals surface area contributed by atoms with Crippen molar-refractivity contribution in [1.29, 1.82) is 0 Å². The molecule has 5 N–H and O–H groups in total. The molecule has 0 heterocycles. The summed E-state index contributed by atoms with van der Waals surface area (Å²) < 4.78 is 0. The molecule has 0 radical (unpaired) electrons. The molecule has 8 nitrogen and oxygen atoms in total. The molecule has 0 aromatic heterocycles. The van der Waals surface area contributed by atoms with E-state index in [-0.39, 0.29) is 5.56 Å². The van der Waals surface area contributed by atoms with Crippen LogP contribution in [0.25, 0.3) is 0 Å². The number of ketones is 1. The quantitative estimate of drug-likeness (QED) is 0.468. The lowest BCUT2D eigenvalue weighted by Crippen LogP contribution is -2.21. The van der Waals surface area contributed by atoms with Crippen molar-refractivity contribution >= 4 is 29.4 Å². The minimum atomic E-state index is -1.68. The molecule has 0 spiro atoms. The molecule has 0 aliphatic rings. The predicted octanol–water partition coefficient (Wildman–Crippen LogP) is 0.874. The monoisotopic (exact) mass is 281 g/mol. The molecule has 0 aliphatic heterocycles. The van der Waals surface area contributed by atoms with Crippen LogP contribution in [0.4, 0.5) is 5.69 Å². The van der Waals surface area contributed by atoms with Crippen LogP contribution in [0.3, 0.4) is 0 Å². The van der Waals surface area contributed by atoms with Crippen molar-refractivity contribution in [2.45, 2.75) is 13.8 Å². The molecule has 0 saturated heterocycles. The number of hydrogen-bond donors (Lipinski definition) is 4. The van der Waals surface area contributed by atoms with Crippen molar-refractivity contribution in [3.63, 3.8) is 0 Å². The Morgan fingerprint density at radius 2 is 1.15 bits per heavy atom. The zero-order valence-electron chi connectivity index (χ0n) is 10.6. The lowest BCUT2D eigenvalue weighted by atomic mass is 9.88. The van der Waals surface area contributed by atoms with E-state index < -0.39 is 51.6 Å². The van der Waals surface area contributed by atoms with Crippen LogP contribution in [-0.4, -0.2) is 39.0 Å². The molecule has 0 unspecified atom stereocenters. The minimum absolute atomic E-state index is 0.242. The fourth-order valence-electron chi connectivity index (χ4n) is 2.05. The summed E-state index contributed by atoms with van der Waals surface area (Å²) in [7, 11) is 0. The number of carboxylic acid groups (broad SMARTS) is 3. The molecule has 0 bridgehead atoms. The highest BCUT2D eigenvalue weighted by Crippen LogP contribution is 2.31. The van der Waals surface area contributed by atoms with Gasteiger partial charge < -0.3 is 21.1 Å². The van der Waals surface area contributed by atoms with Gasteiger partial charge in [0.25, 0.3) is 0 Å². The van der Waals surface area contributed by atoms with Crippen LogP contribution >= 0.6 is 0 Å². The smallest absolute Gasteiger partial charge is 0.338 e. The van der Waals surface area contributed by atoms with Crippen LogP contribution in [0.1, 0.15) is 53.9 Å². The number of benzene rings is 1. The maximum absolute atomic E-state index is 11.5. The van der Waals surface area contributed by atoms with Crippen molar-refractivity contribution in [2.24, 2.45) is 0 Å². The summed E-state index contributed by atoms with van der Waals surface area (Å²) in [6, 6.07) is 0. The molecule has 0 aliphatic carbocycles. The molecule has 0 fully saturated rings. The van der Waals surface area contributed by atoms with Crippen molar-refractivity contribution in [1.82, 2.24) is 0 Å². The fourth-order valence-corrected chi connectivity index (χ4v) is 2.05. The SMILES string of the molecule is CC(=O)c1c(C)c(C(=O)O)c(C(=O)O)c(N)c1C(=O)O. The summed E-state index contributed by atoms with van der Waals surface area (Å²) in [6.45, 7) is 2.21. The van der Waals surface area contributed by atoms with Crippen molar-refractivity contribution in [3.05, 3.63) is 27.8 Å². The highest BCUT2D eigenvalue weighted by Gasteiger charge is 2.31. The Balaban J connectivity index is 4.10. The fraction of sp³-hybridized carbons (Fsp3) is 0.167. The third-order valence-corrected chi connectivity index (χ3v) is 2.78. The second kappa shape index (κ2) is 5.00. The summed E-state index contributed by atoms with van der Waals surface area (Å²) in [5, 5.41) is 27.2. The normalized spacial score (nSPS) is 10.1. The Bertz CT molecular complexity index is 550. The van der Waals surface area contributed by atoms with Gasteiger partial charge in [-0.25, -0.2) is 14.4 Å². The van der Waals surface area contributed by atoms with Gasteiger partial charge in [-0.15, -0.1) is 0 Å². The van der Waals surface area contributed by atoms with Gasteiger partial charge in [0.05, 0.1) is 22.4 Å². The predicted molar refractivity (Wildman–Crippen MR) is 66.5 cm³/mol. The topological polar surface area (TPSA) is 155 Å². The van der Waals surface area contributed by atoms with E-state index in [4.69, 9.17) is 21.1 Å². The van der Waals surface area contributed by atoms with E-state index in [0.717, 1.165) is 6.92 Å². The maximum atomic E-state index is 11.5. The Labute approximate surface area is 112 Å². The number of carbonyl (C=O) groups is 4. The highest BCUT2D eigenvalue weighted by molar-refractivity contribution is 6.17. The number of anilines is 1. The average Bonchev–Trinajstić information content (AvgIpc) is 2.28. The molecule has 1 rings (SSSR count). The van der Waals surface area contributed by atoms with Gasteiger partial charge >= 0.3 is 17.9 Å². The summed E-state index contributed by atoms with van der Waals surface area (Å²) >= 11 is 0. The van der Waals surface area contributed by atoms with Crippen LogP contribution in [0.15, 0.2) is 0 Å². The van der Waals surface area contributed by atoms with Gasteiger partial charge in [-0.3, -0.25) is 4.79 Å². The standard InChI is InChI=1S/C12H11NO7/c1-3-5(4(2)14)7(11(17)18)9(13)8(12(19)20)6(3)10(15)16/h13H2,1-2H3,(H,15,16)(H,17,18)(H,19,20). The van der Waals surface area contributed by atoms with E-state index in [1.807, 2.05) is 0 Å². The van der Waals surface area contributed by atoms with Crippen molar-refractivity contribution in [2.75, 3.05) is 5.73 Å². The first-order valence-corrected chi connectivity index (χ1v) is 5.28. The van der Waals surface area contributed by atoms with E-state index in [2.05, 4.69) is 0 Å². The average molecular weight is 281 g/mol. The number of aromatic carboxylic acids is 3. The molecule has 0 saturated carbocycles. The van der Waals surface area contributed by atoms with Gasteiger partial charge in [0.1, 0.15) is 0 Å². The van der Waals surface area contributed by atoms with E-state index in [1.165, 1.54) is 6.92 Å². The first kappa shape index (κ1) is 15.2. The zero-order chi connectivity index (χ0) is 15.8. The number of nitrogens with two attached hydrogens (primary N) is 1. The molecule has 1 aromatic carbocycles.